The predicted molar refractivity (Wildman–Crippen MR) is 163 cm³/mol. The van der Waals surface area contributed by atoms with E-state index < -0.39 is 6.36 Å². The van der Waals surface area contributed by atoms with E-state index in [1.54, 1.807) is 36.4 Å². The highest BCUT2D eigenvalue weighted by Gasteiger charge is 2.31. The van der Waals surface area contributed by atoms with Gasteiger partial charge >= 0.3 is 6.36 Å². The van der Waals surface area contributed by atoms with Gasteiger partial charge in [0.1, 0.15) is 12.1 Å². The third-order valence-electron chi connectivity index (χ3n) is 6.92. The normalized spacial score (nSPS) is 15.5. The third-order valence-corrected chi connectivity index (χ3v) is 7.98. The summed E-state index contributed by atoms with van der Waals surface area (Å²) in [7, 11) is 0. The van der Waals surface area contributed by atoms with Gasteiger partial charge in [0.2, 0.25) is 0 Å². The molecule has 0 unspecified atom stereocenters. The van der Waals surface area contributed by atoms with Crippen LogP contribution in [0, 0.1) is 0 Å². The van der Waals surface area contributed by atoms with Gasteiger partial charge in [0.25, 0.3) is 0 Å². The van der Waals surface area contributed by atoms with Gasteiger partial charge in [0, 0.05) is 29.1 Å². The quantitative estimate of drug-likeness (QED) is 0.149. The van der Waals surface area contributed by atoms with E-state index >= 15 is 0 Å². The average molecular weight is 589 g/mol. The minimum absolute atomic E-state index is 0.278. The zero-order valence-electron chi connectivity index (χ0n) is 22.9. The van der Waals surface area contributed by atoms with Crippen LogP contribution in [0.1, 0.15) is 37.4 Å². The molecule has 3 heterocycles. The molecule has 42 heavy (non-hydrogen) atoms. The van der Waals surface area contributed by atoms with Gasteiger partial charge in [-0.2, -0.15) is 5.10 Å². The molecule has 1 saturated heterocycles. The molecule has 0 radical (unpaired) electrons. The first-order chi connectivity index (χ1) is 20.3. The Kier molecular flexibility index (Phi) is 7.59. The van der Waals surface area contributed by atoms with E-state index in [4.69, 9.17) is 4.98 Å². The summed E-state index contributed by atoms with van der Waals surface area (Å²) < 4.78 is 43.3. The highest BCUT2D eigenvalue weighted by molar-refractivity contribution is 8.14. The molecule has 3 aromatic carbocycles. The summed E-state index contributed by atoms with van der Waals surface area (Å²) in [6, 6.07) is 21.7. The molecule has 0 amide bonds. The molecule has 11 heteroatoms. The smallest absolute Gasteiger partial charge is 0.406 e. The molecule has 0 spiro atoms. The molecule has 0 saturated carbocycles. The van der Waals surface area contributed by atoms with Crippen molar-refractivity contribution in [1.29, 1.82) is 0 Å². The maximum Gasteiger partial charge on any atom is 0.573 e. The summed E-state index contributed by atoms with van der Waals surface area (Å²) in [6.45, 7) is 5.29. The number of halogens is 3. The maximum absolute atomic E-state index is 12.5. The van der Waals surface area contributed by atoms with Crippen LogP contribution in [-0.4, -0.2) is 44.6 Å². The van der Waals surface area contributed by atoms with Crippen molar-refractivity contribution >= 4 is 50.8 Å². The number of benzene rings is 3. The van der Waals surface area contributed by atoms with Crippen LogP contribution in [-0.2, 0) is 0 Å². The molecule has 0 aliphatic carbocycles. The highest BCUT2D eigenvalue weighted by atomic mass is 32.2. The molecule has 1 fully saturated rings. The maximum atomic E-state index is 12.5. The van der Waals surface area contributed by atoms with Gasteiger partial charge in [0.15, 0.2) is 5.17 Å². The van der Waals surface area contributed by atoms with Crippen molar-refractivity contribution in [2.75, 3.05) is 17.2 Å². The van der Waals surface area contributed by atoms with Crippen molar-refractivity contribution in [3.05, 3.63) is 90.4 Å². The number of para-hydroxylation sites is 1. The Bertz CT molecular complexity index is 1800. The summed E-state index contributed by atoms with van der Waals surface area (Å²) in [6.07, 6.45) is -0.365. The van der Waals surface area contributed by atoms with Crippen molar-refractivity contribution in [2.24, 2.45) is 10.2 Å². The molecule has 7 nitrogen and oxygen atoms in total. The van der Waals surface area contributed by atoms with Crippen molar-refractivity contribution in [3.63, 3.8) is 0 Å². The van der Waals surface area contributed by atoms with Crippen molar-refractivity contribution in [1.82, 2.24) is 14.5 Å². The van der Waals surface area contributed by atoms with E-state index in [9.17, 15) is 13.2 Å². The number of aromatic nitrogens is 3. The van der Waals surface area contributed by atoms with Crippen LogP contribution < -0.4 is 9.64 Å². The largest absolute Gasteiger partial charge is 0.573 e. The fourth-order valence-corrected chi connectivity index (χ4v) is 5.92. The fourth-order valence-electron chi connectivity index (χ4n) is 5.01. The fraction of sp³-hybridized carbons (Fsp3) is 0.226. The minimum Gasteiger partial charge on any atom is -0.406 e. The van der Waals surface area contributed by atoms with Gasteiger partial charge in [0.05, 0.1) is 28.5 Å². The lowest BCUT2D eigenvalue weighted by molar-refractivity contribution is -0.274. The van der Waals surface area contributed by atoms with E-state index in [1.165, 1.54) is 23.4 Å². The summed E-state index contributed by atoms with van der Waals surface area (Å²) >= 11 is 1.70. The van der Waals surface area contributed by atoms with Crippen LogP contribution in [0.25, 0.3) is 27.6 Å². The number of thioether (sulfide) groups is 1. The van der Waals surface area contributed by atoms with Crippen LogP contribution in [0.4, 0.5) is 18.9 Å². The first-order valence-corrected chi connectivity index (χ1v) is 14.5. The molecule has 1 aliphatic heterocycles. The van der Waals surface area contributed by atoms with Crippen LogP contribution in [0.3, 0.4) is 0 Å². The lowest BCUT2D eigenvalue weighted by Crippen LogP contribution is -2.34. The van der Waals surface area contributed by atoms with Gasteiger partial charge in [-0.3, -0.25) is 4.57 Å². The number of amidine groups is 1. The van der Waals surface area contributed by atoms with Gasteiger partial charge in [-0.15, -0.1) is 18.3 Å². The molecular weight excluding hydrogens is 561 g/mol. The molecule has 6 rings (SSSR count). The monoisotopic (exact) mass is 588 g/mol. The summed E-state index contributed by atoms with van der Waals surface area (Å²) in [5, 5.41) is 10.7. The molecule has 0 bridgehead atoms. The van der Waals surface area contributed by atoms with Crippen LogP contribution >= 0.6 is 11.8 Å². The van der Waals surface area contributed by atoms with Gasteiger partial charge in [-0.1, -0.05) is 43.8 Å². The predicted octanol–water partition coefficient (Wildman–Crippen LogP) is 7.93. The van der Waals surface area contributed by atoms with Crippen LogP contribution in [0.2, 0.25) is 0 Å². The lowest BCUT2D eigenvalue weighted by Gasteiger charge is -2.31. The van der Waals surface area contributed by atoms with Crippen LogP contribution in [0.15, 0.2) is 89.3 Å². The number of ether oxygens (including phenoxy) is 1. The second kappa shape index (κ2) is 11.5. The van der Waals surface area contributed by atoms with E-state index in [0.717, 1.165) is 45.8 Å². The number of rotatable bonds is 6. The molecule has 214 valence electrons. The number of anilines is 1. The second-order valence-corrected chi connectivity index (χ2v) is 11.1. The number of hydrogen-bond donors (Lipinski definition) is 0. The molecule has 2 aromatic heterocycles. The van der Waals surface area contributed by atoms with E-state index in [0.29, 0.717) is 17.3 Å². The zero-order chi connectivity index (χ0) is 29.3. The Morgan fingerprint density at radius 2 is 1.81 bits per heavy atom. The molecule has 1 aliphatic rings. The number of hydrogen-bond acceptors (Lipinski definition) is 6. The summed E-state index contributed by atoms with van der Waals surface area (Å²) in [5.74, 6) is 1.12. The molecule has 5 aromatic rings. The van der Waals surface area contributed by atoms with Gasteiger partial charge < -0.3 is 9.64 Å². The summed E-state index contributed by atoms with van der Waals surface area (Å²) in [4.78, 5) is 11.5. The van der Waals surface area contributed by atoms with E-state index in [2.05, 4.69) is 62.9 Å². The number of fused-ring (bicyclic) bond motifs is 3. The summed E-state index contributed by atoms with van der Waals surface area (Å²) in [5.41, 5.74) is 6.07. The third kappa shape index (κ3) is 5.82. The Balaban J connectivity index is 1.25. The number of imidazole rings is 1. The van der Waals surface area contributed by atoms with Crippen molar-refractivity contribution in [3.8, 4) is 11.4 Å². The van der Waals surface area contributed by atoms with E-state index in [1.807, 2.05) is 28.8 Å². The molecule has 0 atom stereocenters. The average Bonchev–Trinajstić information content (AvgIpc) is 3.41. The Morgan fingerprint density at radius 3 is 2.60 bits per heavy atom. The van der Waals surface area contributed by atoms with Crippen molar-refractivity contribution < 1.29 is 17.9 Å². The first-order valence-electron chi connectivity index (χ1n) is 13.5. The van der Waals surface area contributed by atoms with Crippen LogP contribution in [0.5, 0.6) is 5.75 Å². The molecule has 0 N–H and O–H groups in total. The standard InChI is InChI=1S/C31H27F3N6OS/c1-20(2)24-6-3-4-7-27(24)39-16-5-17-42-30(39)38-36-18-21-8-13-25-26(37-21)14-15-28-29(25)35-19-40(28)22-9-11-23(12-10-22)41-31(32,33)34/h3-4,6-15,18-20H,5,16-17H2,1-2H3/b36-18+,38-30+. The lowest BCUT2D eigenvalue weighted by atomic mass is 10.0. The number of pyridine rings is 1. The SMILES string of the molecule is CC(C)c1ccccc1N1CCCS/C1=N/N=C/c1ccc2c(ccc3c2ncn3-c2ccc(OC(F)(F)F)cc2)n1. The molecular formula is C31H27F3N6OS. The Hall–Kier alpha value is -4.38. The number of alkyl halides is 3. The van der Waals surface area contributed by atoms with Gasteiger partial charge in [-0.25, -0.2) is 9.97 Å². The first kappa shape index (κ1) is 27.8. The van der Waals surface area contributed by atoms with Crippen molar-refractivity contribution in [2.45, 2.75) is 32.5 Å². The Labute approximate surface area is 244 Å². The van der Waals surface area contributed by atoms with Gasteiger partial charge in [-0.05, 0) is 72.5 Å². The Morgan fingerprint density at radius 1 is 1.00 bits per heavy atom. The zero-order valence-corrected chi connectivity index (χ0v) is 23.7. The topological polar surface area (TPSA) is 67.9 Å². The second-order valence-electron chi connectivity index (χ2n) is 10.1. The minimum atomic E-state index is -4.74. The number of nitrogens with zero attached hydrogens (tertiary/aromatic N) is 6. The highest BCUT2D eigenvalue weighted by Crippen LogP contribution is 2.32. The van der Waals surface area contributed by atoms with E-state index in [-0.39, 0.29) is 5.75 Å².